The van der Waals surface area contributed by atoms with Crippen LogP contribution in [0.2, 0.25) is 0 Å². The summed E-state index contributed by atoms with van der Waals surface area (Å²) in [6.07, 6.45) is 0. The lowest BCUT2D eigenvalue weighted by Crippen LogP contribution is -2.49. The zero-order valence-electron chi connectivity index (χ0n) is 11.4. The highest BCUT2D eigenvalue weighted by atomic mass is 79.9. The van der Waals surface area contributed by atoms with Gasteiger partial charge in [0.15, 0.2) is 6.61 Å². The molecule has 20 heavy (non-hydrogen) atoms. The number of halogens is 2. The van der Waals surface area contributed by atoms with E-state index in [1.54, 1.807) is 11.0 Å². The molecule has 6 heteroatoms. The minimum Gasteiger partial charge on any atom is -0.482 e. The molecule has 1 aliphatic rings. The Morgan fingerprint density at radius 3 is 2.70 bits per heavy atom. The minimum absolute atomic E-state index is 0.0584. The summed E-state index contributed by atoms with van der Waals surface area (Å²) in [4.78, 5) is 16.1. The third-order valence-electron chi connectivity index (χ3n) is 3.42. The summed E-state index contributed by atoms with van der Waals surface area (Å²) in [5.41, 5.74) is 0. The highest BCUT2D eigenvalue weighted by Gasteiger charge is 2.20. The number of piperazine rings is 1. The molecule has 1 fully saturated rings. The molecule has 0 aliphatic carbocycles. The fraction of sp³-hybridized carbons (Fsp3) is 0.500. The van der Waals surface area contributed by atoms with E-state index in [1.807, 2.05) is 0 Å². The molecule has 1 amide bonds. The second-order valence-corrected chi connectivity index (χ2v) is 5.53. The lowest BCUT2D eigenvalue weighted by Gasteiger charge is -2.33. The SMILES string of the molecule is CCN1CCN(C(=O)COc2cc(F)ccc2Br)CC1. The normalized spacial score (nSPS) is 16.2. The molecule has 0 radical (unpaired) electrons. The van der Waals surface area contributed by atoms with E-state index in [9.17, 15) is 9.18 Å². The fourth-order valence-electron chi connectivity index (χ4n) is 2.13. The summed E-state index contributed by atoms with van der Waals surface area (Å²) in [7, 11) is 0. The summed E-state index contributed by atoms with van der Waals surface area (Å²) in [5.74, 6) is -0.0883. The van der Waals surface area contributed by atoms with Crippen molar-refractivity contribution in [1.29, 1.82) is 0 Å². The fourth-order valence-corrected chi connectivity index (χ4v) is 2.49. The van der Waals surface area contributed by atoms with E-state index in [0.29, 0.717) is 10.2 Å². The topological polar surface area (TPSA) is 32.8 Å². The summed E-state index contributed by atoms with van der Waals surface area (Å²) in [6.45, 7) is 6.30. The molecule has 0 N–H and O–H groups in total. The van der Waals surface area contributed by atoms with Gasteiger partial charge in [-0.3, -0.25) is 4.79 Å². The van der Waals surface area contributed by atoms with Crippen molar-refractivity contribution in [2.75, 3.05) is 39.3 Å². The van der Waals surface area contributed by atoms with Crippen molar-refractivity contribution in [3.63, 3.8) is 0 Å². The Balaban J connectivity index is 1.85. The predicted molar refractivity (Wildman–Crippen MR) is 78.3 cm³/mol. The molecule has 0 atom stereocenters. The summed E-state index contributed by atoms with van der Waals surface area (Å²) in [5, 5.41) is 0. The van der Waals surface area contributed by atoms with Gasteiger partial charge in [-0.15, -0.1) is 0 Å². The second kappa shape index (κ2) is 7.04. The number of benzene rings is 1. The zero-order valence-corrected chi connectivity index (χ0v) is 13.0. The molecule has 1 aliphatic heterocycles. The van der Waals surface area contributed by atoms with E-state index in [2.05, 4.69) is 27.8 Å². The van der Waals surface area contributed by atoms with Crippen molar-refractivity contribution >= 4 is 21.8 Å². The van der Waals surface area contributed by atoms with Crippen LogP contribution in [0.3, 0.4) is 0 Å². The number of hydrogen-bond donors (Lipinski definition) is 0. The van der Waals surface area contributed by atoms with Gasteiger partial charge < -0.3 is 14.5 Å². The van der Waals surface area contributed by atoms with Crippen LogP contribution in [-0.2, 0) is 4.79 Å². The molecule has 0 aromatic heterocycles. The van der Waals surface area contributed by atoms with Gasteiger partial charge in [0.1, 0.15) is 11.6 Å². The molecule has 0 unspecified atom stereocenters. The summed E-state index contributed by atoms with van der Waals surface area (Å²) < 4.78 is 19.1. The smallest absolute Gasteiger partial charge is 0.260 e. The van der Waals surface area contributed by atoms with E-state index in [0.717, 1.165) is 32.7 Å². The first-order valence-electron chi connectivity index (χ1n) is 6.68. The maximum Gasteiger partial charge on any atom is 0.260 e. The summed E-state index contributed by atoms with van der Waals surface area (Å²) in [6, 6.07) is 4.17. The third-order valence-corrected chi connectivity index (χ3v) is 4.07. The van der Waals surface area contributed by atoms with Crippen molar-refractivity contribution in [3.05, 3.63) is 28.5 Å². The molecule has 1 aromatic rings. The Kier molecular flexibility index (Phi) is 5.37. The van der Waals surface area contributed by atoms with Crippen LogP contribution in [0.1, 0.15) is 6.92 Å². The number of carbonyl (C=O) groups is 1. The van der Waals surface area contributed by atoms with Gasteiger partial charge in [-0.1, -0.05) is 6.92 Å². The van der Waals surface area contributed by atoms with Crippen LogP contribution in [0, 0.1) is 5.82 Å². The second-order valence-electron chi connectivity index (χ2n) is 4.68. The Morgan fingerprint density at radius 1 is 1.35 bits per heavy atom. The molecule has 1 aromatic carbocycles. The van der Waals surface area contributed by atoms with Crippen molar-refractivity contribution in [1.82, 2.24) is 9.80 Å². The number of ether oxygens (including phenoxy) is 1. The highest BCUT2D eigenvalue weighted by Crippen LogP contribution is 2.25. The van der Waals surface area contributed by atoms with Gasteiger partial charge in [0, 0.05) is 32.2 Å². The van der Waals surface area contributed by atoms with Crippen molar-refractivity contribution in [2.45, 2.75) is 6.92 Å². The molecule has 2 rings (SSSR count). The number of rotatable bonds is 4. The van der Waals surface area contributed by atoms with Crippen LogP contribution in [0.4, 0.5) is 4.39 Å². The number of likely N-dealkylation sites (N-methyl/N-ethyl adjacent to an activating group) is 1. The largest absolute Gasteiger partial charge is 0.482 e. The van der Waals surface area contributed by atoms with E-state index >= 15 is 0 Å². The number of amides is 1. The standard InChI is InChI=1S/C14H18BrFN2O2/c1-2-17-5-7-18(8-6-17)14(19)10-20-13-9-11(16)3-4-12(13)15/h3-4,9H,2,5-8,10H2,1H3. The van der Waals surface area contributed by atoms with Crippen molar-refractivity contribution < 1.29 is 13.9 Å². The summed E-state index contributed by atoms with van der Waals surface area (Å²) >= 11 is 3.27. The molecule has 4 nitrogen and oxygen atoms in total. The predicted octanol–water partition coefficient (Wildman–Crippen LogP) is 2.13. The van der Waals surface area contributed by atoms with Crippen LogP contribution >= 0.6 is 15.9 Å². The Morgan fingerprint density at radius 2 is 2.05 bits per heavy atom. The lowest BCUT2D eigenvalue weighted by atomic mass is 10.3. The quantitative estimate of drug-likeness (QED) is 0.838. The molecule has 0 bridgehead atoms. The maximum absolute atomic E-state index is 13.1. The first kappa shape index (κ1) is 15.3. The van der Waals surface area contributed by atoms with Crippen molar-refractivity contribution in [2.24, 2.45) is 0 Å². The number of carbonyl (C=O) groups excluding carboxylic acids is 1. The Hall–Kier alpha value is -1.14. The van der Waals surface area contributed by atoms with Crippen molar-refractivity contribution in [3.8, 4) is 5.75 Å². The first-order chi connectivity index (χ1) is 9.60. The molecule has 110 valence electrons. The highest BCUT2D eigenvalue weighted by molar-refractivity contribution is 9.10. The van der Waals surface area contributed by atoms with E-state index in [4.69, 9.17) is 4.74 Å². The van der Waals surface area contributed by atoms with E-state index in [1.165, 1.54) is 12.1 Å². The van der Waals surface area contributed by atoms with Gasteiger partial charge in [0.2, 0.25) is 0 Å². The average molecular weight is 345 g/mol. The van der Waals surface area contributed by atoms with Crippen LogP contribution in [0.15, 0.2) is 22.7 Å². The van der Waals surface area contributed by atoms with Crippen LogP contribution < -0.4 is 4.74 Å². The lowest BCUT2D eigenvalue weighted by molar-refractivity contribution is -0.135. The maximum atomic E-state index is 13.1. The Labute approximate surface area is 126 Å². The molecule has 0 spiro atoms. The Bertz CT molecular complexity index is 476. The third kappa shape index (κ3) is 3.93. The molecule has 0 saturated carbocycles. The monoisotopic (exact) mass is 344 g/mol. The average Bonchev–Trinajstić information content (AvgIpc) is 2.48. The molecular formula is C14H18BrFN2O2. The van der Waals surface area contributed by atoms with Gasteiger partial charge in [0.25, 0.3) is 5.91 Å². The number of nitrogens with zero attached hydrogens (tertiary/aromatic N) is 2. The first-order valence-corrected chi connectivity index (χ1v) is 7.47. The zero-order chi connectivity index (χ0) is 14.5. The molecule has 1 heterocycles. The van der Waals surface area contributed by atoms with Gasteiger partial charge in [-0.25, -0.2) is 4.39 Å². The minimum atomic E-state index is -0.382. The van der Waals surface area contributed by atoms with E-state index < -0.39 is 0 Å². The van der Waals surface area contributed by atoms with Crippen LogP contribution in [-0.4, -0.2) is 55.0 Å². The van der Waals surface area contributed by atoms with Gasteiger partial charge in [-0.05, 0) is 34.6 Å². The van der Waals surface area contributed by atoms with Gasteiger partial charge >= 0.3 is 0 Å². The van der Waals surface area contributed by atoms with Crippen LogP contribution in [0.25, 0.3) is 0 Å². The van der Waals surface area contributed by atoms with Gasteiger partial charge in [0.05, 0.1) is 4.47 Å². The molecule has 1 saturated heterocycles. The van der Waals surface area contributed by atoms with Crippen LogP contribution in [0.5, 0.6) is 5.75 Å². The van der Waals surface area contributed by atoms with Gasteiger partial charge in [-0.2, -0.15) is 0 Å². The van der Waals surface area contributed by atoms with E-state index in [-0.39, 0.29) is 18.3 Å². The number of hydrogen-bond acceptors (Lipinski definition) is 3. The molecular weight excluding hydrogens is 327 g/mol.